The normalized spacial score (nSPS) is 16.9. The molecule has 0 unspecified atom stereocenters. The van der Waals surface area contributed by atoms with E-state index in [-0.39, 0.29) is 50.5 Å². The Hall–Kier alpha value is -5.58. The monoisotopic (exact) mass is 762 g/mol. The Morgan fingerprint density at radius 1 is 0.745 bits per heavy atom. The highest BCUT2D eigenvalue weighted by Crippen LogP contribution is 2.21. The van der Waals surface area contributed by atoms with E-state index in [0.29, 0.717) is 24.2 Å². The van der Waals surface area contributed by atoms with E-state index in [1.54, 1.807) is 18.3 Å². The molecule has 0 spiro atoms. The zero-order valence-corrected chi connectivity index (χ0v) is 31.8. The summed E-state index contributed by atoms with van der Waals surface area (Å²) in [7, 11) is 0. The average molecular weight is 763 g/mol. The molecule has 0 aliphatic carbocycles. The molecule has 0 saturated carbocycles. The third-order valence-electron chi connectivity index (χ3n) is 9.34. The average Bonchev–Trinajstić information content (AvgIpc) is 3.94. The fourth-order valence-electron chi connectivity index (χ4n) is 6.59. The number of carbonyl (C=O) groups is 6. The zero-order chi connectivity index (χ0) is 40.1. The van der Waals surface area contributed by atoms with Gasteiger partial charge in [-0.1, -0.05) is 58.0 Å². The number of nitrogens with zero attached hydrogens (tertiary/aromatic N) is 3. The summed E-state index contributed by atoms with van der Waals surface area (Å²) in [6.07, 6.45) is 7.50. The van der Waals surface area contributed by atoms with E-state index in [1.165, 1.54) is 23.8 Å². The standard InChI is InChI=1S/C38H54N10O7/c1-22(2)13-28(34(50)47-31(14-23(3)4)37(53)48-12-8-11-32(48)38(54)55)45-36(52)30(17-26-19-41-21-43-26)46-35(51)29(15-24-9-6-5-7-10-24)44-33(49)27(39)16-25-18-40-20-42-25/h5-7,9-10,18-23,27-32H,8,11-17,39H2,1-4H3,(H,40,42)(H,41,43)(H,44,49)(H,45,52)(H,46,51)(H,47,50)(H,54,55)/t27-,28-,29-,30-,31-,32-/m0/s1. The molecule has 0 bridgehead atoms. The lowest BCUT2D eigenvalue weighted by molar-refractivity contribution is -0.149. The van der Waals surface area contributed by atoms with Crippen LogP contribution in [0.25, 0.3) is 0 Å². The van der Waals surface area contributed by atoms with E-state index >= 15 is 0 Å². The summed E-state index contributed by atoms with van der Waals surface area (Å²) in [5.74, 6) is -4.19. The van der Waals surface area contributed by atoms with Crippen LogP contribution >= 0.6 is 0 Å². The van der Waals surface area contributed by atoms with Crippen LogP contribution in [-0.4, -0.2) is 108 Å². The van der Waals surface area contributed by atoms with Gasteiger partial charge in [0.1, 0.15) is 30.2 Å². The number of nitrogens with one attached hydrogen (secondary N) is 6. The Morgan fingerprint density at radius 2 is 1.25 bits per heavy atom. The third kappa shape index (κ3) is 12.8. The van der Waals surface area contributed by atoms with E-state index in [4.69, 9.17) is 5.73 Å². The van der Waals surface area contributed by atoms with Gasteiger partial charge in [-0.25, -0.2) is 14.8 Å². The first-order valence-electron chi connectivity index (χ1n) is 18.7. The van der Waals surface area contributed by atoms with Gasteiger partial charge in [0.05, 0.1) is 18.7 Å². The van der Waals surface area contributed by atoms with E-state index in [2.05, 4.69) is 41.2 Å². The number of carbonyl (C=O) groups excluding carboxylic acids is 5. The van der Waals surface area contributed by atoms with Crippen molar-refractivity contribution in [3.05, 3.63) is 72.3 Å². The van der Waals surface area contributed by atoms with E-state index in [1.807, 2.05) is 45.9 Å². The molecule has 17 nitrogen and oxygen atoms in total. The van der Waals surface area contributed by atoms with Crippen molar-refractivity contribution in [2.24, 2.45) is 17.6 Å². The van der Waals surface area contributed by atoms with Crippen molar-refractivity contribution in [1.82, 2.24) is 46.1 Å². The minimum atomic E-state index is -1.22. The summed E-state index contributed by atoms with van der Waals surface area (Å²) in [5, 5.41) is 20.8. The Bertz CT molecular complexity index is 1720. The molecule has 17 heteroatoms. The molecule has 3 aromatic rings. The highest BCUT2D eigenvalue weighted by Gasteiger charge is 2.39. The van der Waals surface area contributed by atoms with Crippen LogP contribution in [0.1, 0.15) is 70.3 Å². The SMILES string of the molecule is CC(C)C[C@H](NC(=O)[C@H](Cc1cnc[nH]1)NC(=O)[C@H](Cc1ccccc1)NC(=O)[C@@H](N)Cc1cnc[nH]1)C(=O)N[C@@H](CC(C)C)C(=O)N1CCC[C@H]1C(=O)O. The molecule has 4 rings (SSSR count). The molecular weight excluding hydrogens is 708 g/mol. The van der Waals surface area contributed by atoms with Crippen molar-refractivity contribution in [1.29, 1.82) is 0 Å². The summed E-state index contributed by atoms with van der Waals surface area (Å²) in [5.41, 5.74) is 8.11. The van der Waals surface area contributed by atoms with Crippen LogP contribution in [0.5, 0.6) is 0 Å². The van der Waals surface area contributed by atoms with Gasteiger partial charge in [-0.15, -0.1) is 0 Å². The Balaban J connectivity index is 1.54. The molecule has 2 aromatic heterocycles. The van der Waals surface area contributed by atoms with Gasteiger partial charge >= 0.3 is 5.97 Å². The van der Waals surface area contributed by atoms with Crippen LogP contribution < -0.4 is 27.0 Å². The molecule has 1 aliphatic rings. The van der Waals surface area contributed by atoms with Crippen LogP contribution in [-0.2, 0) is 48.0 Å². The van der Waals surface area contributed by atoms with Gasteiger partial charge in [-0.05, 0) is 43.1 Å². The molecule has 55 heavy (non-hydrogen) atoms. The van der Waals surface area contributed by atoms with Crippen LogP contribution in [0.2, 0.25) is 0 Å². The van der Waals surface area contributed by atoms with Gasteiger partial charge in [0, 0.05) is 49.6 Å². The number of carboxylic acid groups (broad SMARTS) is 1. The number of aliphatic carboxylic acids is 1. The number of benzene rings is 1. The number of likely N-dealkylation sites (tertiary alicyclic amines) is 1. The second kappa shape index (κ2) is 20.2. The number of rotatable bonds is 20. The van der Waals surface area contributed by atoms with Gasteiger partial charge in [-0.2, -0.15) is 0 Å². The predicted octanol–water partition coefficient (Wildman–Crippen LogP) is 0.595. The van der Waals surface area contributed by atoms with E-state index in [0.717, 1.165) is 5.56 Å². The molecule has 298 valence electrons. The number of imidazole rings is 2. The quantitative estimate of drug-likeness (QED) is 0.0795. The maximum atomic E-state index is 14.1. The minimum Gasteiger partial charge on any atom is -0.480 e. The molecule has 9 N–H and O–H groups in total. The maximum Gasteiger partial charge on any atom is 0.326 e. The van der Waals surface area contributed by atoms with Crippen LogP contribution in [0.3, 0.4) is 0 Å². The highest BCUT2D eigenvalue weighted by atomic mass is 16.4. The maximum absolute atomic E-state index is 14.1. The van der Waals surface area contributed by atoms with Gasteiger partial charge in [0.2, 0.25) is 29.5 Å². The molecule has 1 fully saturated rings. The number of amides is 5. The smallest absolute Gasteiger partial charge is 0.326 e. The second-order valence-corrected chi connectivity index (χ2v) is 14.9. The number of H-pyrrole nitrogens is 2. The second-order valence-electron chi connectivity index (χ2n) is 14.9. The van der Waals surface area contributed by atoms with Crippen molar-refractivity contribution >= 4 is 35.5 Å². The lowest BCUT2D eigenvalue weighted by Crippen LogP contribution is -2.60. The van der Waals surface area contributed by atoms with Gasteiger partial charge in [-0.3, -0.25) is 24.0 Å². The first-order valence-corrected chi connectivity index (χ1v) is 18.7. The third-order valence-corrected chi connectivity index (χ3v) is 9.34. The van der Waals surface area contributed by atoms with Gasteiger partial charge < -0.3 is 47.0 Å². The largest absolute Gasteiger partial charge is 0.480 e. The van der Waals surface area contributed by atoms with Gasteiger partial charge in [0.15, 0.2) is 0 Å². The molecule has 3 heterocycles. The minimum absolute atomic E-state index is 0.0170. The summed E-state index contributed by atoms with van der Waals surface area (Å²) in [6.45, 7) is 7.80. The van der Waals surface area contributed by atoms with E-state index in [9.17, 15) is 33.9 Å². The van der Waals surface area contributed by atoms with Crippen molar-refractivity contribution in [2.45, 2.75) is 109 Å². The molecule has 1 aromatic carbocycles. The molecular formula is C38H54N10O7. The van der Waals surface area contributed by atoms with Crippen LogP contribution in [0.15, 0.2) is 55.4 Å². The van der Waals surface area contributed by atoms with Gasteiger partial charge in [0.25, 0.3) is 0 Å². The number of nitrogens with two attached hydrogens (primary N) is 1. The van der Waals surface area contributed by atoms with Crippen molar-refractivity contribution in [3.8, 4) is 0 Å². The lowest BCUT2D eigenvalue weighted by Gasteiger charge is -2.30. The van der Waals surface area contributed by atoms with Crippen LogP contribution in [0, 0.1) is 11.8 Å². The number of carboxylic acids is 1. The first kappa shape index (κ1) is 42.2. The van der Waals surface area contributed by atoms with Crippen LogP contribution in [0.4, 0.5) is 0 Å². The Kier molecular flexibility index (Phi) is 15.5. The predicted molar refractivity (Wildman–Crippen MR) is 202 cm³/mol. The first-order chi connectivity index (χ1) is 26.2. The highest BCUT2D eigenvalue weighted by molar-refractivity contribution is 5.96. The number of hydrogen-bond acceptors (Lipinski definition) is 9. The summed E-state index contributed by atoms with van der Waals surface area (Å²) in [6, 6.07) is 2.61. The number of aromatic nitrogens is 4. The van der Waals surface area contributed by atoms with E-state index < -0.39 is 71.8 Å². The number of aromatic amines is 2. The molecule has 6 atom stereocenters. The van der Waals surface area contributed by atoms with Crippen molar-refractivity contribution < 1.29 is 33.9 Å². The molecule has 1 saturated heterocycles. The molecule has 5 amide bonds. The Labute approximate surface area is 320 Å². The lowest BCUT2D eigenvalue weighted by atomic mass is 9.99. The molecule has 1 aliphatic heterocycles. The topological polar surface area (TPSA) is 257 Å². The van der Waals surface area contributed by atoms with Crippen molar-refractivity contribution in [2.75, 3.05) is 6.54 Å². The fourth-order valence-corrected chi connectivity index (χ4v) is 6.59. The summed E-state index contributed by atoms with van der Waals surface area (Å²) >= 11 is 0. The molecule has 0 radical (unpaired) electrons. The Morgan fingerprint density at radius 3 is 1.82 bits per heavy atom. The summed E-state index contributed by atoms with van der Waals surface area (Å²) < 4.78 is 0. The fraction of sp³-hybridized carbons (Fsp3) is 0.526. The summed E-state index contributed by atoms with van der Waals surface area (Å²) in [4.78, 5) is 96.0. The zero-order valence-electron chi connectivity index (χ0n) is 31.8. The van der Waals surface area contributed by atoms with Crippen molar-refractivity contribution in [3.63, 3.8) is 0 Å². The number of hydrogen-bond donors (Lipinski definition) is 8.